The van der Waals surface area contributed by atoms with E-state index in [4.69, 9.17) is 27.9 Å². The van der Waals surface area contributed by atoms with Crippen molar-refractivity contribution >= 4 is 23.2 Å². The van der Waals surface area contributed by atoms with E-state index < -0.39 is 0 Å². The molecule has 1 N–H and O–H groups in total. The lowest BCUT2D eigenvalue weighted by Crippen LogP contribution is -2.23. The van der Waals surface area contributed by atoms with Crippen LogP contribution in [0.25, 0.3) is 0 Å². The summed E-state index contributed by atoms with van der Waals surface area (Å²) in [6, 6.07) is 5.18. The first-order valence-electron chi connectivity index (χ1n) is 8.06. The summed E-state index contributed by atoms with van der Waals surface area (Å²) in [5, 5.41) is 11.3. The summed E-state index contributed by atoms with van der Waals surface area (Å²) < 4.78 is 5.81. The highest BCUT2D eigenvalue weighted by Gasteiger charge is 2.28. The van der Waals surface area contributed by atoms with Crippen molar-refractivity contribution in [3.05, 3.63) is 39.9 Å². The molecule has 0 bridgehead atoms. The number of aliphatic hydroxyl groups is 1. The summed E-state index contributed by atoms with van der Waals surface area (Å²) in [7, 11) is 0. The average molecular weight is 343 g/mol. The second-order valence-electron chi connectivity index (χ2n) is 5.92. The molecule has 0 aromatic heterocycles. The maximum absolute atomic E-state index is 10.2. The van der Waals surface area contributed by atoms with Crippen LogP contribution in [0.1, 0.15) is 45.4 Å². The zero-order valence-electron chi connectivity index (χ0n) is 13.0. The van der Waals surface area contributed by atoms with Gasteiger partial charge >= 0.3 is 0 Å². The molecule has 0 fully saturated rings. The van der Waals surface area contributed by atoms with Crippen LogP contribution >= 0.6 is 23.2 Å². The zero-order valence-corrected chi connectivity index (χ0v) is 14.5. The van der Waals surface area contributed by atoms with Crippen molar-refractivity contribution in [3.63, 3.8) is 0 Å². The number of rotatable bonds is 8. The Balaban J connectivity index is 1.87. The van der Waals surface area contributed by atoms with Gasteiger partial charge in [-0.1, -0.05) is 61.0 Å². The Morgan fingerprint density at radius 3 is 2.55 bits per heavy atom. The van der Waals surface area contributed by atoms with Crippen molar-refractivity contribution in [3.8, 4) is 5.75 Å². The fourth-order valence-corrected chi connectivity index (χ4v) is 3.40. The molecule has 0 amide bonds. The molecule has 0 heterocycles. The average Bonchev–Trinajstić information content (AvgIpc) is 2.81. The number of hydrogen-bond acceptors (Lipinski definition) is 2. The predicted molar refractivity (Wildman–Crippen MR) is 92.9 cm³/mol. The normalized spacial score (nSPS) is 21.0. The van der Waals surface area contributed by atoms with E-state index in [1.807, 2.05) is 0 Å². The van der Waals surface area contributed by atoms with Crippen LogP contribution in [-0.4, -0.2) is 17.8 Å². The van der Waals surface area contributed by atoms with Crippen LogP contribution in [0.3, 0.4) is 0 Å². The summed E-state index contributed by atoms with van der Waals surface area (Å²) in [6.45, 7) is 2.68. The number of aliphatic hydroxyl groups excluding tert-OH is 1. The van der Waals surface area contributed by atoms with E-state index in [2.05, 4.69) is 13.0 Å². The van der Waals surface area contributed by atoms with Gasteiger partial charge in [-0.25, -0.2) is 0 Å². The molecule has 0 saturated heterocycles. The topological polar surface area (TPSA) is 29.5 Å². The Labute approximate surface area is 143 Å². The van der Waals surface area contributed by atoms with Crippen LogP contribution in [0.4, 0.5) is 0 Å². The maximum atomic E-state index is 10.2. The summed E-state index contributed by atoms with van der Waals surface area (Å²) in [5.74, 6) is 0.737. The van der Waals surface area contributed by atoms with Crippen molar-refractivity contribution in [2.24, 2.45) is 5.92 Å². The van der Waals surface area contributed by atoms with E-state index >= 15 is 0 Å². The van der Waals surface area contributed by atoms with Gasteiger partial charge in [0.25, 0.3) is 0 Å². The van der Waals surface area contributed by atoms with Crippen LogP contribution in [0.2, 0.25) is 10.0 Å². The molecule has 0 spiro atoms. The van der Waals surface area contributed by atoms with Gasteiger partial charge in [0, 0.05) is 16.0 Å². The van der Waals surface area contributed by atoms with Crippen molar-refractivity contribution in [1.82, 2.24) is 0 Å². The third-order valence-electron chi connectivity index (χ3n) is 4.15. The van der Waals surface area contributed by atoms with Crippen molar-refractivity contribution < 1.29 is 9.84 Å². The fourth-order valence-electron chi connectivity index (χ4n) is 2.89. The van der Waals surface area contributed by atoms with E-state index in [1.165, 1.54) is 31.3 Å². The molecular formula is C18H24Cl2O2. The molecule has 122 valence electrons. The molecule has 2 nitrogen and oxygen atoms in total. The number of unbranched alkanes of at least 4 members (excludes halogenated alkanes) is 3. The number of hydrogen-bond donors (Lipinski definition) is 1. The highest BCUT2D eigenvalue weighted by molar-refractivity contribution is 6.34. The molecule has 0 radical (unpaired) electrons. The quantitative estimate of drug-likeness (QED) is 0.488. The number of benzene rings is 1. The lowest BCUT2D eigenvalue weighted by Gasteiger charge is -2.20. The minimum Gasteiger partial charge on any atom is -0.493 e. The Kier molecular flexibility index (Phi) is 7.07. The van der Waals surface area contributed by atoms with E-state index in [-0.39, 0.29) is 12.0 Å². The van der Waals surface area contributed by atoms with Crippen LogP contribution in [0.5, 0.6) is 5.75 Å². The lowest BCUT2D eigenvalue weighted by molar-refractivity contribution is 0.105. The van der Waals surface area contributed by atoms with Crippen molar-refractivity contribution in [2.45, 2.75) is 51.6 Å². The summed E-state index contributed by atoms with van der Waals surface area (Å²) >= 11 is 12.0. The fraction of sp³-hybridized carbons (Fsp3) is 0.556. The minimum atomic E-state index is -0.337. The first kappa shape index (κ1) is 17.7. The largest absolute Gasteiger partial charge is 0.493 e. The Morgan fingerprint density at radius 1 is 1.14 bits per heavy atom. The molecular weight excluding hydrogens is 319 g/mol. The summed E-state index contributed by atoms with van der Waals surface area (Å²) in [6.07, 6.45) is 8.58. The Bertz CT molecular complexity index is 494. The molecule has 0 unspecified atom stereocenters. The van der Waals surface area contributed by atoms with Crippen LogP contribution < -0.4 is 4.74 Å². The second-order valence-corrected chi connectivity index (χ2v) is 6.79. The van der Waals surface area contributed by atoms with Gasteiger partial charge in [-0.05, 0) is 37.5 Å². The van der Waals surface area contributed by atoms with E-state index in [9.17, 15) is 5.11 Å². The molecule has 1 aromatic rings. The molecule has 1 aromatic carbocycles. The van der Waals surface area contributed by atoms with Gasteiger partial charge in [-0.2, -0.15) is 0 Å². The third-order valence-corrected chi connectivity index (χ3v) is 4.58. The van der Waals surface area contributed by atoms with Gasteiger partial charge < -0.3 is 9.84 Å². The van der Waals surface area contributed by atoms with Gasteiger partial charge in [0.1, 0.15) is 5.75 Å². The van der Waals surface area contributed by atoms with Gasteiger partial charge in [-0.3, -0.25) is 0 Å². The maximum Gasteiger partial charge on any atom is 0.122 e. The standard InChI is InChI=1S/C18H24Cl2O2/c1-2-3-4-5-6-13-7-8-18(21)17(13)12-22-16-10-14(19)9-15(20)11-16/h7,9-11,17-18,21H,2-6,8,12H2,1H3/t17-,18-/m1/s1. The highest BCUT2D eigenvalue weighted by atomic mass is 35.5. The SMILES string of the molecule is CCCCCCC1=CC[C@@H](O)[C@@H]1COc1cc(Cl)cc(Cl)c1. The molecule has 4 heteroatoms. The Hall–Kier alpha value is -0.700. The van der Waals surface area contributed by atoms with Gasteiger partial charge in [0.05, 0.1) is 12.7 Å². The third kappa shape index (κ3) is 5.19. The summed E-state index contributed by atoms with van der Waals surface area (Å²) in [4.78, 5) is 0. The first-order valence-corrected chi connectivity index (χ1v) is 8.81. The monoisotopic (exact) mass is 342 g/mol. The molecule has 0 saturated carbocycles. The molecule has 1 aliphatic carbocycles. The number of ether oxygens (including phenoxy) is 1. The predicted octanol–water partition coefficient (Wildman–Crippen LogP) is 5.65. The molecule has 2 atom stereocenters. The smallest absolute Gasteiger partial charge is 0.122 e. The van der Waals surface area contributed by atoms with Crippen molar-refractivity contribution in [1.29, 1.82) is 0 Å². The van der Waals surface area contributed by atoms with Crippen molar-refractivity contribution in [2.75, 3.05) is 6.61 Å². The molecule has 0 aliphatic heterocycles. The van der Waals surface area contributed by atoms with Gasteiger partial charge in [-0.15, -0.1) is 0 Å². The minimum absolute atomic E-state index is 0.0828. The van der Waals surface area contributed by atoms with Gasteiger partial charge in [0.2, 0.25) is 0 Å². The molecule has 22 heavy (non-hydrogen) atoms. The van der Waals surface area contributed by atoms with E-state index in [0.29, 0.717) is 22.4 Å². The van der Waals surface area contributed by atoms with E-state index in [1.54, 1.807) is 18.2 Å². The van der Waals surface area contributed by atoms with Crippen LogP contribution in [0.15, 0.2) is 29.8 Å². The lowest BCUT2D eigenvalue weighted by atomic mass is 9.95. The van der Waals surface area contributed by atoms with Crippen LogP contribution in [-0.2, 0) is 0 Å². The zero-order chi connectivity index (χ0) is 15.9. The summed E-state index contributed by atoms with van der Waals surface area (Å²) in [5.41, 5.74) is 1.33. The second kappa shape index (κ2) is 8.81. The van der Waals surface area contributed by atoms with Gasteiger partial charge in [0.15, 0.2) is 0 Å². The Morgan fingerprint density at radius 2 is 1.86 bits per heavy atom. The van der Waals surface area contributed by atoms with E-state index in [0.717, 1.165) is 12.8 Å². The molecule has 1 aliphatic rings. The first-order chi connectivity index (χ1) is 10.6. The van der Waals surface area contributed by atoms with Crippen LogP contribution in [0, 0.1) is 5.92 Å². The number of halogens is 2. The molecule has 2 rings (SSSR count). The highest BCUT2D eigenvalue weighted by Crippen LogP contribution is 2.32.